The van der Waals surface area contributed by atoms with Crippen molar-refractivity contribution in [3.8, 4) is 0 Å². The molecule has 0 fully saturated rings. The van der Waals surface area contributed by atoms with Gasteiger partial charge in [0.2, 0.25) is 11.8 Å². The fraction of sp³-hybridized carbons (Fsp3) is 0.241. The van der Waals surface area contributed by atoms with Gasteiger partial charge in [-0.1, -0.05) is 42.5 Å². The number of aromatic nitrogens is 4. The third-order valence-electron chi connectivity index (χ3n) is 6.71. The maximum atomic E-state index is 13.8. The second kappa shape index (κ2) is 10.3. The molecule has 1 atom stereocenters. The summed E-state index contributed by atoms with van der Waals surface area (Å²) in [6, 6.07) is 22.5. The van der Waals surface area contributed by atoms with E-state index in [4.69, 9.17) is 0 Å². The van der Waals surface area contributed by atoms with Crippen molar-refractivity contribution in [2.45, 2.75) is 39.4 Å². The second-order valence-corrected chi connectivity index (χ2v) is 9.14. The van der Waals surface area contributed by atoms with Crippen molar-refractivity contribution in [1.82, 2.24) is 24.4 Å². The fourth-order valence-electron chi connectivity index (χ4n) is 4.78. The highest BCUT2D eigenvalue weighted by Gasteiger charge is 2.26. The number of carbonyl (C=O) groups is 2. The number of nitrogens with zero attached hydrogens (tertiary/aromatic N) is 5. The van der Waals surface area contributed by atoms with Crippen LogP contribution in [0.15, 0.2) is 79.1 Å². The normalized spacial score (nSPS) is 12.1. The molecule has 0 aliphatic heterocycles. The van der Waals surface area contributed by atoms with E-state index in [0.29, 0.717) is 6.42 Å². The molecule has 5 rings (SSSR count). The molecule has 0 saturated carbocycles. The van der Waals surface area contributed by atoms with Crippen LogP contribution in [-0.4, -0.2) is 44.0 Å². The van der Waals surface area contributed by atoms with Crippen LogP contribution in [0.1, 0.15) is 18.3 Å². The number of amides is 2. The lowest BCUT2D eigenvalue weighted by Crippen LogP contribution is -2.49. The minimum Gasteiger partial charge on any atom is -0.342 e. The Kier molecular flexibility index (Phi) is 6.72. The molecular formula is C29H30N6O2. The molecule has 1 N–H and O–H groups in total. The highest BCUT2D eigenvalue weighted by molar-refractivity contribution is 6.00. The highest BCUT2D eigenvalue weighted by atomic mass is 16.2. The van der Waals surface area contributed by atoms with Crippen LogP contribution in [0.2, 0.25) is 0 Å². The number of hydrogen-bond donors (Lipinski definition) is 1. The number of anilines is 1. The zero-order chi connectivity index (χ0) is 25.9. The monoisotopic (exact) mass is 494 g/mol. The molecule has 0 radical (unpaired) electrons. The van der Waals surface area contributed by atoms with Crippen LogP contribution >= 0.6 is 0 Å². The van der Waals surface area contributed by atoms with E-state index in [9.17, 15) is 9.59 Å². The SMILES string of the molecule is CCn1c(C)nc2ccc(N(C)C(=O)C(Cc3ccccc3)NC(=O)Cn3cnc4ccccc43)cc21. The summed E-state index contributed by atoms with van der Waals surface area (Å²) in [6.45, 7) is 4.92. The largest absolute Gasteiger partial charge is 0.342 e. The van der Waals surface area contributed by atoms with Crippen molar-refractivity contribution in [2.24, 2.45) is 0 Å². The smallest absolute Gasteiger partial charge is 0.249 e. The lowest BCUT2D eigenvalue weighted by Gasteiger charge is -2.25. The molecule has 8 heteroatoms. The van der Waals surface area contributed by atoms with Crippen molar-refractivity contribution in [3.05, 3.63) is 90.5 Å². The number of carbonyl (C=O) groups excluding carboxylic acids is 2. The summed E-state index contributed by atoms with van der Waals surface area (Å²) >= 11 is 0. The molecule has 0 saturated heterocycles. The predicted octanol–water partition coefficient (Wildman–Crippen LogP) is 4.10. The Morgan fingerprint density at radius 1 is 0.973 bits per heavy atom. The van der Waals surface area contributed by atoms with Crippen LogP contribution in [-0.2, 0) is 29.1 Å². The van der Waals surface area contributed by atoms with Gasteiger partial charge < -0.3 is 19.4 Å². The lowest BCUT2D eigenvalue weighted by atomic mass is 10.0. The Balaban J connectivity index is 1.40. The maximum Gasteiger partial charge on any atom is 0.249 e. The van der Waals surface area contributed by atoms with Gasteiger partial charge in [-0.25, -0.2) is 9.97 Å². The molecule has 3 aromatic carbocycles. The van der Waals surface area contributed by atoms with Gasteiger partial charge in [0.05, 0.1) is 28.4 Å². The van der Waals surface area contributed by atoms with Crippen molar-refractivity contribution < 1.29 is 9.59 Å². The van der Waals surface area contributed by atoms with Gasteiger partial charge >= 0.3 is 0 Å². The first-order valence-corrected chi connectivity index (χ1v) is 12.4. The molecule has 0 spiro atoms. The van der Waals surface area contributed by atoms with Crippen molar-refractivity contribution in [3.63, 3.8) is 0 Å². The molecule has 5 aromatic rings. The van der Waals surface area contributed by atoms with E-state index in [1.807, 2.05) is 79.7 Å². The number of rotatable bonds is 8. The van der Waals surface area contributed by atoms with Gasteiger partial charge in [-0.05, 0) is 49.7 Å². The van der Waals surface area contributed by atoms with Crippen LogP contribution in [0.5, 0.6) is 0 Å². The Hall–Kier alpha value is -4.46. The molecule has 2 heterocycles. The number of aryl methyl sites for hydroxylation is 2. The Labute approximate surface area is 215 Å². The van der Waals surface area contributed by atoms with Crippen molar-refractivity contribution >= 4 is 39.6 Å². The van der Waals surface area contributed by atoms with Gasteiger partial charge in [-0.2, -0.15) is 0 Å². The van der Waals surface area contributed by atoms with Gasteiger partial charge in [0.25, 0.3) is 0 Å². The van der Waals surface area contributed by atoms with E-state index in [0.717, 1.165) is 45.7 Å². The second-order valence-electron chi connectivity index (χ2n) is 9.14. The van der Waals surface area contributed by atoms with Crippen LogP contribution in [0.4, 0.5) is 5.69 Å². The molecule has 2 aromatic heterocycles. The van der Waals surface area contributed by atoms with Crippen LogP contribution in [0.3, 0.4) is 0 Å². The van der Waals surface area contributed by atoms with Gasteiger partial charge in [-0.3, -0.25) is 9.59 Å². The molecule has 1 unspecified atom stereocenters. The van der Waals surface area contributed by atoms with E-state index in [-0.39, 0.29) is 18.4 Å². The summed E-state index contributed by atoms with van der Waals surface area (Å²) in [7, 11) is 1.75. The molecule has 0 bridgehead atoms. The third-order valence-corrected chi connectivity index (χ3v) is 6.71. The first kappa shape index (κ1) is 24.2. The Morgan fingerprint density at radius 2 is 1.73 bits per heavy atom. The number of likely N-dealkylation sites (N-methyl/N-ethyl adjacent to an activating group) is 1. The molecule has 0 aliphatic carbocycles. The highest BCUT2D eigenvalue weighted by Crippen LogP contribution is 2.23. The van der Waals surface area contributed by atoms with Crippen LogP contribution < -0.4 is 10.2 Å². The van der Waals surface area contributed by atoms with Crippen LogP contribution in [0.25, 0.3) is 22.1 Å². The van der Waals surface area contributed by atoms with E-state index < -0.39 is 6.04 Å². The number of para-hydroxylation sites is 2. The summed E-state index contributed by atoms with van der Waals surface area (Å²) in [5, 5.41) is 2.99. The summed E-state index contributed by atoms with van der Waals surface area (Å²) in [5.41, 5.74) is 5.29. The zero-order valence-electron chi connectivity index (χ0n) is 21.3. The van der Waals surface area contributed by atoms with Gasteiger partial charge in [0.15, 0.2) is 0 Å². The zero-order valence-corrected chi connectivity index (χ0v) is 21.3. The van der Waals surface area contributed by atoms with Gasteiger partial charge in [0.1, 0.15) is 18.4 Å². The summed E-state index contributed by atoms with van der Waals surface area (Å²) in [4.78, 5) is 37.5. The number of imidazole rings is 2. The molecule has 8 nitrogen and oxygen atoms in total. The lowest BCUT2D eigenvalue weighted by molar-refractivity contribution is -0.127. The summed E-state index contributed by atoms with van der Waals surface area (Å²) < 4.78 is 3.91. The Morgan fingerprint density at radius 3 is 2.51 bits per heavy atom. The first-order chi connectivity index (χ1) is 17.9. The molecule has 37 heavy (non-hydrogen) atoms. The standard InChI is InChI=1S/C29H30N6O2/c1-4-35-20(2)31-24-15-14-22(17-27(24)35)33(3)29(37)25(16-21-10-6-5-7-11-21)32-28(36)18-34-19-30-23-12-8-9-13-26(23)34/h5-15,17,19,25H,4,16,18H2,1-3H3,(H,32,36). The van der Waals surface area contributed by atoms with E-state index in [1.54, 1.807) is 22.8 Å². The number of nitrogens with one attached hydrogen (secondary N) is 1. The van der Waals surface area contributed by atoms with Gasteiger partial charge in [0, 0.05) is 25.7 Å². The average molecular weight is 495 g/mol. The Bertz CT molecular complexity index is 1570. The number of fused-ring (bicyclic) bond motifs is 2. The molecular weight excluding hydrogens is 464 g/mol. The predicted molar refractivity (Wildman–Crippen MR) is 145 cm³/mol. The topological polar surface area (TPSA) is 85.0 Å². The van der Waals surface area contributed by atoms with Crippen LogP contribution in [0, 0.1) is 6.92 Å². The van der Waals surface area contributed by atoms with Gasteiger partial charge in [-0.15, -0.1) is 0 Å². The third kappa shape index (κ3) is 4.95. The molecule has 188 valence electrons. The minimum atomic E-state index is -0.733. The number of hydrogen-bond acceptors (Lipinski definition) is 4. The fourth-order valence-corrected chi connectivity index (χ4v) is 4.78. The first-order valence-electron chi connectivity index (χ1n) is 12.4. The number of benzene rings is 3. The quantitative estimate of drug-likeness (QED) is 0.352. The molecule has 2 amide bonds. The van der Waals surface area contributed by atoms with E-state index >= 15 is 0 Å². The summed E-state index contributed by atoms with van der Waals surface area (Å²) in [6.07, 6.45) is 2.03. The van der Waals surface area contributed by atoms with Crippen molar-refractivity contribution in [2.75, 3.05) is 11.9 Å². The van der Waals surface area contributed by atoms with E-state index in [2.05, 4.69) is 26.8 Å². The minimum absolute atomic E-state index is 0.0731. The van der Waals surface area contributed by atoms with E-state index in [1.165, 1.54) is 0 Å². The maximum absolute atomic E-state index is 13.8. The summed E-state index contributed by atoms with van der Waals surface area (Å²) in [5.74, 6) is 0.497. The molecule has 0 aliphatic rings. The average Bonchev–Trinajstić information content (AvgIpc) is 3.46. The van der Waals surface area contributed by atoms with Crippen molar-refractivity contribution in [1.29, 1.82) is 0 Å².